The highest BCUT2D eigenvalue weighted by Crippen LogP contribution is 2.12. The fourth-order valence-electron chi connectivity index (χ4n) is 1.38. The third kappa shape index (κ3) is 2.84. The van der Waals surface area contributed by atoms with Crippen LogP contribution in [0.2, 0.25) is 5.02 Å². The van der Waals surface area contributed by atoms with Crippen molar-refractivity contribution in [1.29, 1.82) is 0 Å². The van der Waals surface area contributed by atoms with Crippen LogP contribution in [0.25, 0.3) is 0 Å². The van der Waals surface area contributed by atoms with E-state index in [0.717, 1.165) is 5.69 Å². The van der Waals surface area contributed by atoms with E-state index in [1.807, 2.05) is 6.92 Å². The van der Waals surface area contributed by atoms with E-state index in [1.165, 1.54) is 4.68 Å². The first-order valence-electron chi connectivity index (χ1n) is 5.31. The molecule has 0 unspecified atom stereocenters. The summed E-state index contributed by atoms with van der Waals surface area (Å²) in [6.07, 6.45) is 4.84. The second-order valence-electron chi connectivity index (χ2n) is 3.83. The molecule has 0 atom stereocenters. The molecule has 0 aliphatic rings. The van der Waals surface area contributed by atoms with Crippen LogP contribution in [0.15, 0.2) is 18.6 Å². The lowest BCUT2D eigenvalue weighted by Gasteiger charge is -2.02. The van der Waals surface area contributed by atoms with Crippen molar-refractivity contribution in [2.75, 3.05) is 0 Å². The number of amides is 1. The number of rotatable bonds is 3. The Morgan fingerprint density at radius 1 is 1.44 bits per heavy atom. The van der Waals surface area contributed by atoms with Gasteiger partial charge in [-0.15, -0.1) is 0 Å². The van der Waals surface area contributed by atoms with E-state index in [1.54, 1.807) is 25.6 Å². The van der Waals surface area contributed by atoms with Gasteiger partial charge in [-0.25, -0.2) is 0 Å². The Labute approximate surface area is 109 Å². The molecular weight excluding hydrogens is 254 g/mol. The van der Waals surface area contributed by atoms with E-state index in [4.69, 9.17) is 11.6 Å². The molecule has 1 N–H and O–H groups in total. The summed E-state index contributed by atoms with van der Waals surface area (Å²) in [5.74, 6) is -0.331. The highest BCUT2D eigenvalue weighted by Gasteiger charge is 2.14. The molecule has 0 fully saturated rings. The van der Waals surface area contributed by atoms with Crippen LogP contribution >= 0.6 is 11.6 Å². The Morgan fingerprint density at radius 2 is 2.22 bits per heavy atom. The number of nitrogens with one attached hydrogen (secondary N) is 1. The molecule has 1 amide bonds. The van der Waals surface area contributed by atoms with E-state index < -0.39 is 0 Å². The standard InChI is InChI=1S/C11H12ClN5O/c1-7-3-14-8(4-13-7)5-15-11(18)10-9(12)6-17(2)16-10/h3-4,6H,5H2,1-2H3,(H,15,18). The maximum Gasteiger partial charge on any atom is 0.273 e. The second kappa shape index (κ2) is 5.14. The Balaban J connectivity index is 2.00. The van der Waals surface area contributed by atoms with E-state index in [0.29, 0.717) is 17.3 Å². The molecule has 6 nitrogen and oxygen atoms in total. The second-order valence-corrected chi connectivity index (χ2v) is 4.24. The normalized spacial score (nSPS) is 10.4. The van der Waals surface area contributed by atoms with Crippen molar-refractivity contribution in [3.63, 3.8) is 0 Å². The van der Waals surface area contributed by atoms with Gasteiger partial charge in [0, 0.05) is 19.4 Å². The van der Waals surface area contributed by atoms with E-state index in [-0.39, 0.29) is 11.6 Å². The quantitative estimate of drug-likeness (QED) is 0.902. The predicted octanol–water partition coefficient (Wildman–Crippen LogP) is 1.10. The molecule has 2 aromatic rings. The fourth-order valence-corrected chi connectivity index (χ4v) is 1.64. The Hall–Kier alpha value is -1.95. The third-order valence-electron chi connectivity index (χ3n) is 2.26. The van der Waals surface area contributed by atoms with Crippen molar-refractivity contribution in [2.45, 2.75) is 13.5 Å². The molecule has 0 radical (unpaired) electrons. The van der Waals surface area contributed by atoms with Gasteiger partial charge in [0.2, 0.25) is 0 Å². The molecule has 2 aromatic heterocycles. The van der Waals surface area contributed by atoms with E-state index >= 15 is 0 Å². The highest BCUT2D eigenvalue weighted by molar-refractivity contribution is 6.33. The van der Waals surface area contributed by atoms with E-state index in [9.17, 15) is 4.79 Å². The van der Waals surface area contributed by atoms with Crippen LogP contribution in [0.5, 0.6) is 0 Å². The van der Waals surface area contributed by atoms with Crippen LogP contribution in [0, 0.1) is 6.92 Å². The van der Waals surface area contributed by atoms with Gasteiger partial charge < -0.3 is 5.32 Å². The first-order valence-corrected chi connectivity index (χ1v) is 5.69. The van der Waals surface area contributed by atoms with E-state index in [2.05, 4.69) is 20.4 Å². The van der Waals surface area contributed by atoms with Gasteiger partial charge in [-0.05, 0) is 6.92 Å². The minimum atomic E-state index is -0.331. The lowest BCUT2D eigenvalue weighted by molar-refractivity contribution is 0.0945. The molecular formula is C11H12ClN5O. The van der Waals surface area contributed by atoms with Crippen LogP contribution in [-0.4, -0.2) is 25.7 Å². The van der Waals surface area contributed by atoms with Crippen LogP contribution < -0.4 is 5.32 Å². The van der Waals surface area contributed by atoms with Gasteiger partial charge >= 0.3 is 0 Å². The molecule has 2 heterocycles. The average Bonchev–Trinajstić information content (AvgIpc) is 2.67. The third-order valence-corrected chi connectivity index (χ3v) is 2.54. The maximum atomic E-state index is 11.8. The summed E-state index contributed by atoms with van der Waals surface area (Å²) >= 11 is 5.87. The molecule has 0 aliphatic heterocycles. The number of hydrogen-bond acceptors (Lipinski definition) is 4. The topological polar surface area (TPSA) is 72.7 Å². The molecule has 0 bridgehead atoms. The lowest BCUT2D eigenvalue weighted by atomic mass is 10.3. The maximum absolute atomic E-state index is 11.8. The first-order chi connectivity index (χ1) is 8.56. The molecule has 0 aromatic carbocycles. The van der Waals surface area contributed by atoms with Gasteiger partial charge in [0.25, 0.3) is 5.91 Å². The van der Waals surface area contributed by atoms with Crippen molar-refractivity contribution in [1.82, 2.24) is 25.1 Å². The van der Waals surface area contributed by atoms with Crippen LogP contribution in [-0.2, 0) is 13.6 Å². The largest absolute Gasteiger partial charge is 0.345 e. The van der Waals surface area contributed by atoms with Gasteiger partial charge in [0.1, 0.15) is 0 Å². The number of aryl methyl sites for hydroxylation is 2. The number of hydrogen-bond donors (Lipinski definition) is 1. The van der Waals surface area contributed by atoms with Crippen molar-refractivity contribution < 1.29 is 4.79 Å². The smallest absolute Gasteiger partial charge is 0.273 e. The number of aromatic nitrogens is 4. The number of nitrogens with zero attached hydrogens (tertiary/aromatic N) is 4. The van der Waals surface area contributed by atoms with Gasteiger partial charge in [0.05, 0.1) is 29.2 Å². The zero-order chi connectivity index (χ0) is 13.1. The number of carbonyl (C=O) groups excluding carboxylic acids is 1. The van der Waals surface area contributed by atoms with Gasteiger partial charge in [0.15, 0.2) is 5.69 Å². The van der Waals surface area contributed by atoms with Crippen molar-refractivity contribution in [3.05, 3.63) is 40.7 Å². The number of carbonyl (C=O) groups is 1. The van der Waals surface area contributed by atoms with Gasteiger partial charge in [-0.2, -0.15) is 5.10 Å². The summed E-state index contributed by atoms with van der Waals surface area (Å²) in [6, 6.07) is 0. The zero-order valence-electron chi connectivity index (χ0n) is 10.0. The van der Waals surface area contributed by atoms with Crippen LogP contribution in [0.4, 0.5) is 0 Å². The molecule has 0 saturated heterocycles. The summed E-state index contributed by atoms with van der Waals surface area (Å²) in [5, 5.41) is 6.98. The molecule has 94 valence electrons. The first kappa shape index (κ1) is 12.5. The molecule has 18 heavy (non-hydrogen) atoms. The van der Waals surface area contributed by atoms with Crippen LogP contribution in [0.1, 0.15) is 21.9 Å². The lowest BCUT2D eigenvalue weighted by Crippen LogP contribution is -2.24. The minimum Gasteiger partial charge on any atom is -0.345 e. The summed E-state index contributed by atoms with van der Waals surface area (Å²) < 4.78 is 1.49. The molecule has 0 spiro atoms. The summed E-state index contributed by atoms with van der Waals surface area (Å²) in [5.41, 5.74) is 1.72. The predicted molar refractivity (Wildman–Crippen MR) is 66.2 cm³/mol. The van der Waals surface area contributed by atoms with Crippen molar-refractivity contribution in [2.24, 2.45) is 7.05 Å². The molecule has 7 heteroatoms. The summed E-state index contributed by atoms with van der Waals surface area (Å²) in [7, 11) is 1.70. The Morgan fingerprint density at radius 3 is 2.78 bits per heavy atom. The zero-order valence-corrected chi connectivity index (χ0v) is 10.8. The minimum absolute atomic E-state index is 0.208. The van der Waals surface area contributed by atoms with Gasteiger partial charge in [-0.3, -0.25) is 19.4 Å². The van der Waals surface area contributed by atoms with Gasteiger partial charge in [-0.1, -0.05) is 11.6 Å². The van der Waals surface area contributed by atoms with Crippen molar-refractivity contribution >= 4 is 17.5 Å². The molecule has 2 rings (SSSR count). The fraction of sp³-hybridized carbons (Fsp3) is 0.273. The Bertz CT molecular complexity index is 563. The molecule has 0 aliphatic carbocycles. The van der Waals surface area contributed by atoms with Crippen molar-refractivity contribution in [3.8, 4) is 0 Å². The SMILES string of the molecule is Cc1cnc(CNC(=O)c2nn(C)cc2Cl)cn1. The number of halogens is 1. The molecule has 0 saturated carbocycles. The average molecular weight is 266 g/mol. The summed E-state index contributed by atoms with van der Waals surface area (Å²) in [6.45, 7) is 2.14. The monoisotopic (exact) mass is 265 g/mol. The summed E-state index contributed by atoms with van der Waals surface area (Å²) in [4.78, 5) is 20.0. The van der Waals surface area contributed by atoms with Crippen LogP contribution in [0.3, 0.4) is 0 Å². The Kier molecular flexibility index (Phi) is 3.57. The highest BCUT2D eigenvalue weighted by atomic mass is 35.5.